The summed E-state index contributed by atoms with van der Waals surface area (Å²) in [5, 5.41) is 9.35. The van der Waals surface area contributed by atoms with E-state index in [2.05, 4.69) is 4.98 Å². The summed E-state index contributed by atoms with van der Waals surface area (Å²) in [6, 6.07) is 0. The molecule has 0 amide bonds. The zero-order chi connectivity index (χ0) is 11.6. The second-order valence-electron chi connectivity index (χ2n) is 3.33. The molecule has 0 radical (unpaired) electrons. The van der Waals surface area contributed by atoms with Crippen molar-refractivity contribution in [1.29, 1.82) is 0 Å². The van der Waals surface area contributed by atoms with Crippen molar-refractivity contribution < 1.29 is 9.90 Å². The third kappa shape index (κ3) is 2.12. The van der Waals surface area contributed by atoms with Gasteiger partial charge in [-0.15, -0.1) is 0 Å². The fourth-order valence-corrected chi connectivity index (χ4v) is 1.98. The van der Waals surface area contributed by atoms with Crippen LogP contribution in [0.5, 0.6) is 0 Å². The van der Waals surface area contributed by atoms with Crippen LogP contribution in [-0.2, 0) is 12.8 Å². The molecule has 1 rings (SSSR count). The van der Waals surface area contributed by atoms with E-state index in [0.717, 1.165) is 12.1 Å². The van der Waals surface area contributed by atoms with Crippen LogP contribution in [0.2, 0.25) is 5.02 Å². The van der Waals surface area contributed by atoms with E-state index in [0.29, 0.717) is 17.7 Å². The third-order valence-corrected chi connectivity index (χ3v) is 2.84. The lowest BCUT2D eigenvalue weighted by Crippen LogP contribution is -2.09. The van der Waals surface area contributed by atoms with Gasteiger partial charge in [0.15, 0.2) is 0 Å². The summed E-state index contributed by atoms with van der Waals surface area (Å²) in [4.78, 5) is 15.4. The molecular weight excluding hydrogens is 214 g/mol. The van der Waals surface area contributed by atoms with Gasteiger partial charge in [0.1, 0.15) is 0 Å². The number of carboxylic acids is 1. The highest BCUT2D eigenvalue weighted by atomic mass is 35.5. The lowest BCUT2D eigenvalue weighted by Gasteiger charge is -2.11. The lowest BCUT2D eigenvalue weighted by molar-refractivity contribution is 0.0696. The maximum absolute atomic E-state index is 11.1. The van der Waals surface area contributed by atoms with Crippen molar-refractivity contribution in [3.63, 3.8) is 0 Å². The Labute approximate surface area is 94.1 Å². The topological polar surface area (TPSA) is 50.2 Å². The minimum absolute atomic E-state index is 0.195. The van der Waals surface area contributed by atoms with E-state index < -0.39 is 5.97 Å². The third-order valence-electron chi connectivity index (χ3n) is 2.43. The SMILES string of the molecule is CCc1nc(CC)c(Cl)c(C(=O)O)c1C. The van der Waals surface area contributed by atoms with Crippen LogP contribution >= 0.6 is 11.6 Å². The highest BCUT2D eigenvalue weighted by Crippen LogP contribution is 2.25. The van der Waals surface area contributed by atoms with Crippen molar-refractivity contribution in [3.8, 4) is 0 Å². The number of carboxylic acid groups (broad SMARTS) is 1. The molecular formula is C11H14ClNO2. The average Bonchev–Trinajstić information content (AvgIpc) is 2.18. The normalized spacial score (nSPS) is 10.4. The molecule has 1 aromatic rings. The van der Waals surface area contributed by atoms with Crippen LogP contribution in [0.25, 0.3) is 0 Å². The summed E-state index contributed by atoms with van der Waals surface area (Å²) in [5.41, 5.74) is 2.35. The van der Waals surface area contributed by atoms with Gasteiger partial charge >= 0.3 is 5.97 Å². The van der Waals surface area contributed by atoms with E-state index in [-0.39, 0.29) is 10.6 Å². The van der Waals surface area contributed by atoms with Crippen molar-refractivity contribution in [2.24, 2.45) is 0 Å². The fourth-order valence-electron chi connectivity index (χ4n) is 1.58. The summed E-state index contributed by atoms with van der Waals surface area (Å²) >= 11 is 5.99. The lowest BCUT2D eigenvalue weighted by atomic mass is 10.0. The number of halogens is 1. The summed E-state index contributed by atoms with van der Waals surface area (Å²) in [7, 11) is 0. The Hall–Kier alpha value is -1.09. The predicted molar refractivity (Wildman–Crippen MR) is 59.7 cm³/mol. The molecule has 0 saturated heterocycles. The zero-order valence-corrected chi connectivity index (χ0v) is 9.85. The van der Waals surface area contributed by atoms with Gasteiger partial charge in [0.2, 0.25) is 0 Å². The van der Waals surface area contributed by atoms with E-state index in [1.54, 1.807) is 6.92 Å². The molecule has 0 atom stereocenters. The first kappa shape index (κ1) is 12.0. The predicted octanol–water partition coefficient (Wildman–Crippen LogP) is 2.87. The molecule has 0 aromatic carbocycles. The van der Waals surface area contributed by atoms with Crippen LogP contribution in [0.1, 0.15) is 41.2 Å². The molecule has 1 heterocycles. The van der Waals surface area contributed by atoms with Crippen LogP contribution in [0.3, 0.4) is 0 Å². The number of aryl methyl sites for hydroxylation is 2. The summed E-state index contributed by atoms with van der Waals surface area (Å²) < 4.78 is 0. The minimum Gasteiger partial charge on any atom is -0.478 e. The van der Waals surface area contributed by atoms with E-state index >= 15 is 0 Å². The van der Waals surface area contributed by atoms with Gasteiger partial charge in [-0.25, -0.2) is 4.79 Å². The number of rotatable bonds is 3. The molecule has 1 N–H and O–H groups in total. The number of aromatic nitrogens is 1. The Bertz CT molecular complexity index is 374. The molecule has 0 unspecified atom stereocenters. The van der Waals surface area contributed by atoms with Crippen molar-refractivity contribution in [2.75, 3.05) is 0 Å². The van der Waals surface area contributed by atoms with Crippen molar-refractivity contribution >= 4 is 17.6 Å². The Morgan fingerprint density at radius 2 is 1.87 bits per heavy atom. The van der Waals surface area contributed by atoms with Crippen LogP contribution in [0.4, 0.5) is 0 Å². The molecule has 0 fully saturated rings. The van der Waals surface area contributed by atoms with Gasteiger partial charge in [-0.3, -0.25) is 4.98 Å². The molecule has 0 aliphatic carbocycles. The molecule has 82 valence electrons. The molecule has 1 aromatic heterocycles. The van der Waals surface area contributed by atoms with Gasteiger partial charge < -0.3 is 5.11 Å². The van der Waals surface area contributed by atoms with Gasteiger partial charge in [-0.1, -0.05) is 25.4 Å². The first-order valence-corrected chi connectivity index (χ1v) is 5.31. The Morgan fingerprint density at radius 1 is 1.33 bits per heavy atom. The van der Waals surface area contributed by atoms with Crippen LogP contribution in [-0.4, -0.2) is 16.1 Å². The molecule has 0 spiro atoms. The molecule has 0 bridgehead atoms. The van der Waals surface area contributed by atoms with Crippen molar-refractivity contribution in [3.05, 3.63) is 27.5 Å². The zero-order valence-electron chi connectivity index (χ0n) is 9.09. The molecule has 3 nitrogen and oxygen atoms in total. The number of hydrogen-bond donors (Lipinski definition) is 1. The molecule has 15 heavy (non-hydrogen) atoms. The number of pyridine rings is 1. The van der Waals surface area contributed by atoms with E-state index in [9.17, 15) is 4.79 Å². The van der Waals surface area contributed by atoms with E-state index in [1.807, 2.05) is 13.8 Å². The standard InChI is InChI=1S/C11H14ClNO2/c1-4-7-6(3)9(11(14)15)10(12)8(5-2)13-7/h4-5H2,1-3H3,(H,14,15). The highest BCUT2D eigenvalue weighted by molar-refractivity contribution is 6.34. The van der Waals surface area contributed by atoms with Crippen LogP contribution in [0.15, 0.2) is 0 Å². The summed E-state index contributed by atoms with van der Waals surface area (Å²) in [5.74, 6) is -0.982. The largest absolute Gasteiger partial charge is 0.478 e. The summed E-state index contributed by atoms with van der Waals surface area (Å²) in [6.45, 7) is 5.61. The second kappa shape index (κ2) is 4.62. The average molecular weight is 228 g/mol. The number of hydrogen-bond acceptors (Lipinski definition) is 2. The maximum Gasteiger partial charge on any atom is 0.337 e. The van der Waals surface area contributed by atoms with Gasteiger partial charge in [-0.05, 0) is 25.3 Å². The first-order valence-electron chi connectivity index (χ1n) is 4.94. The van der Waals surface area contributed by atoms with Crippen LogP contribution in [0, 0.1) is 6.92 Å². The number of aromatic carboxylic acids is 1. The van der Waals surface area contributed by atoms with Gasteiger partial charge in [0, 0.05) is 5.69 Å². The van der Waals surface area contributed by atoms with Gasteiger partial charge in [-0.2, -0.15) is 0 Å². The molecule has 0 aliphatic rings. The molecule has 4 heteroatoms. The van der Waals surface area contributed by atoms with E-state index in [4.69, 9.17) is 16.7 Å². The molecule has 0 saturated carbocycles. The Kier molecular flexibility index (Phi) is 3.69. The van der Waals surface area contributed by atoms with Crippen molar-refractivity contribution in [1.82, 2.24) is 4.98 Å². The Balaban J connectivity index is 3.53. The fraction of sp³-hybridized carbons (Fsp3) is 0.455. The molecule has 0 aliphatic heterocycles. The van der Waals surface area contributed by atoms with Crippen molar-refractivity contribution in [2.45, 2.75) is 33.6 Å². The highest BCUT2D eigenvalue weighted by Gasteiger charge is 2.18. The summed E-state index contributed by atoms with van der Waals surface area (Å²) in [6.07, 6.45) is 1.36. The second-order valence-corrected chi connectivity index (χ2v) is 3.71. The van der Waals surface area contributed by atoms with Gasteiger partial charge in [0.05, 0.1) is 16.3 Å². The maximum atomic E-state index is 11.1. The quantitative estimate of drug-likeness (QED) is 0.864. The number of nitrogens with zero attached hydrogens (tertiary/aromatic N) is 1. The van der Waals surface area contributed by atoms with Gasteiger partial charge in [0.25, 0.3) is 0 Å². The van der Waals surface area contributed by atoms with E-state index in [1.165, 1.54) is 0 Å². The smallest absolute Gasteiger partial charge is 0.337 e. The number of carbonyl (C=O) groups is 1. The van der Waals surface area contributed by atoms with Crippen LogP contribution < -0.4 is 0 Å². The first-order chi connectivity index (χ1) is 7.02. The Morgan fingerprint density at radius 3 is 2.27 bits per heavy atom. The minimum atomic E-state index is -0.982. The monoisotopic (exact) mass is 227 g/mol.